The summed E-state index contributed by atoms with van der Waals surface area (Å²) >= 11 is 0. The predicted octanol–water partition coefficient (Wildman–Crippen LogP) is 3.18. The minimum absolute atomic E-state index is 0.230. The van der Waals surface area contributed by atoms with Crippen molar-refractivity contribution in [2.45, 2.75) is 24.2 Å². The van der Waals surface area contributed by atoms with Gasteiger partial charge in [-0.2, -0.15) is 4.31 Å². The van der Waals surface area contributed by atoms with E-state index in [0.717, 1.165) is 24.9 Å². The fourth-order valence-electron chi connectivity index (χ4n) is 3.08. The summed E-state index contributed by atoms with van der Waals surface area (Å²) in [7, 11) is 0.422. The number of sulfonamides is 1. The molecule has 0 aliphatic carbocycles. The number of amides is 1. The quantitative estimate of drug-likeness (QED) is 0.855. The first-order valence-electron chi connectivity index (χ1n) is 9.07. The third-order valence-electron chi connectivity index (χ3n) is 4.71. The zero-order valence-electron chi connectivity index (χ0n) is 15.7. The molecule has 27 heavy (non-hydrogen) atoms. The number of rotatable bonds is 5. The Morgan fingerprint density at radius 2 is 1.52 bits per heavy atom. The van der Waals surface area contributed by atoms with Crippen LogP contribution in [0.4, 0.5) is 11.4 Å². The topological polar surface area (TPSA) is 69.7 Å². The highest BCUT2D eigenvalue weighted by molar-refractivity contribution is 7.89. The average Bonchev–Trinajstić information content (AvgIpc) is 2.69. The van der Waals surface area contributed by atoms with Crippen LogP contribution in [0.5, 0.6) is 0 Å². The molecule has 0 aromatic heterocycles. The van der Waals surface area contributed by atoms with Crippen molar-refractivity contribution in [3.63, 3.8) is 0 Å². The molecule has 144 valence electrons. The molecule has 0 unspecified atom stereocenters. The molecular weight excluding hydrogens is 362 g/mol. The van der Waals surface area contributed by atoms with Crippen LogP contribution >= 0.6 is 0 Å². The first-order valence-corrected chi connectivity index (χ1v) is 10.5. The van der Waals surface area contributed by atoms with E-state index in [9.17, 15) is 13.2 Å². The highest BCUT2D eigenvalue weighted by atomic mass is 32.2. The number of anilines is 2. The summed E-state index contributed by atoms with van der Waals surface area (Å²) in [6.07, 6.45) is 2.88. The molecule has 1 aliphatic rings. The maximum atomic E-state index is 12.7. The molecule has 1 fully saturated rings. The highest BCUT2D eigenvalue weighted by Crippen LogP contribution is 2.22. The molecule has 1 heterocycles. The number of hydrogen-bond donors (Lipinski definition) is 1. The van der Waals surface area contributed by atoms with E-state index in [1.807, 2.05) is 31.1 Å². The normalized spacial score (nSPS) is 15.3. The number of nitrogens with one attached hydrogen (secondary N) is 1. The Morgan fingerprint density at radius 3 is 2.07 bits per heavy atom. The molecule has 1 N–H and O–H groups in total. The summed E-state index contributed by atoms with van der Waals surface area (Å²) in [6, 6.07) is 13.6. The molecule has 6 nitrogen and oxygen atoms in total. The number of piperidine rings is 1. The van der Waals surface area contributed by atoms with Gasteiger partial charge in [0.25, 0.3) is 5.91 Å². The molecule has 0 spiro atoms. The van der Waals surface area contributed by atoms with E-state index in [4.69, 9.17) is 0 Å². The average molecular weight is 388 g/mol. The van der Waals surface area contributed by atoms with Crippen LogP contribution in [0.1, 0.15) is 29.6 Å². The van der Waals surface area contributed by atoms with E-state index in [1.165, 1.54) is 4.31 Å². The maximum absolute atomic E-state index is 12.7. The largest absolute Gasteiger partial charge is 0.378 e. The summed E-state index contributed by atoms with van der Waals surface area (Å²) in [5.74, 6) is -0.230. The molecule has 7 heteroatoms. The summed E-state index contributed by atoms with van der Waals surface area (Å²) < 4.78 is 26.9. The first-order chi connectivity index (χ1) is 12.9. The third kappa shape index (κ3) is 4.48. The van der Waals surface area contributed by atoms with Crippen LogP contribution in [-0.4, -0.2) is 45.8 Å². The van der Waals surface area contributed by atoms with E-state index >= 15 is 0 Å². The molecule has 0 atom stereocenters. The second-order valence-corrected chi connectivity index (χ2v) is 8.82. The van der Waals surface area contributed by atoms with Gasteiger partial charge in [0.05, 0.1) is 4.90 Å². The Hall–Kier alpha value is -2.38. The molecule has 3 rings (SSSR count). The summed E-state index contributed by atoms with van der Waals surface area (Å²) in [5.41, 5.74) is 2.12. The number of nitrogens with zero attached hydrogens (tertiary/aromatic N) is 2. The predicted molar refractivity (Wildman–Crippen MR) is 108 cm³/mol. The lowest BCUT2D eigenvalue weighted by atomic mass is 10.2. The lowest BCUT2D eigenvalue weighted by Gasteiger charge is -2.25. The zero-order valence-corrected chi connectivity index (χ0v) is 16.5. The van der Waals surface area contributed by atoms with E-state index in [-0.39, 0.29) is 10.8 Å². The van der Waals surface area contributed by atoms with Crippen LogP contribution in [0.2, 0.25) is 0 Å². The van der Waals surface area contributed by atoms with Crippen molar-refractivity contribution < 1.29 is 13.2 Å². The van der Waals surface area contributed by atoms with Gasteiger partial charge >= 0.3 is 0 Å². The summed E-state index contributed by atoms with van der Waals surface area (Å²) in [5, 5.41) is 2.80. The Morgan fingerprint density at radius 1 is 0.926 bits per heavy atom. The molecule has 1 amide bonds. The lowest BCUT2D eigenvalue weighted by Crippen LogP contribution is -2.35. The maximum Gasteiger partial charge on any atom is 0.255 e. The van der Waals surface area contributed by atoms with Gasteiger partial charge in [-0.1, -0.05) is 6.42 Å². The smallest absolute Gasteiger partial charge is 0.255 e. The molecule has 1 aliphatic heterocycles. The SMILES string of the molecule is CN(C)c1ccc(C(=O)Nc2ccc(S(=O)(=O)N3CCCCC3)cc2)cc1. The molecule has 2 aromatic rings. The van der Waals surface area contributed by atoms with E-state index in [2.05, 4.69) is 5.32 Å². The fraction of sp³-hybridized carbons (Fsp3) is 0.350. The number of benzene rings is 2. The van der Waals surface area contributed by atoms with Crippen LogP contribution in [-0.2, 0) is 10.0 Å². The van der Waals surface area contributed by atoms with Crippen molar-refractivity contribution in [3.05, 3.63) is 54.1 Å². The van der Waals surface area contributed by atoms with Gasteiger partial charge in [-0.25, -0.2) is 8.42 Å². The number of hydrogen-bond acceptors (Lipinski definition) is 4. The van der Waals surface area contributed by atoms with Crippen LogP contribution in [0, 0.1) is 0 Å². The Kier molecular flexibility index (Phi) is 5.82. The van der Waals surface area contributed by atoms with Crippen LogP contribution in [0.15, 0.2) is 53.4 Å². The number of carbonyl (C=O) groups is 1. The molecule has 1 saturated heterocycles. The summed E-state index contributed by atoms with van der Waals surface area (Å²) in [4.78, 5) is 14.6. The Bertz CT molecular complexity index is 885. The molecule has 0 saturated carbocycles. The van der Waals surface area contributed by atoms with Gasteiger partial charge in [0.15, 0.2) is 0 Å². The Labute approximate surface area is 160 Å². The van der Waals surface area contributed by atoms with Crippen molar-refractivity contribution in [1.82, 2.24) is 4.31 Å². The molecular formula is C20H25N3O3S. The van der Waals surface area contributed by atoms with Gasteiger partial charge in [-0.15, -0.1) is 0 Å². The minimum atomic E-state index is -3.46. The van der Waals surface area contributed by atoms with Gasteiger partial charge in [0.2, 0.25) is 10.0 Å². The zero-order chi connectivity index (χ0) is 19.4. The Balaban J connectivity index is 1.69. The standard InChI is InChI=1S/C20H25N3O3S/c1-22(2)18-10-6-16(7-11-18)20(24)21-17-8-12-19(13-9-17)27(25,26)23-14-4-3-5-15-23/h6-13H,3-5,14-15H2,1-2H3,(H,21,24). The van der Waals surface area contributed by atoms with E-state index in [0.29, 0.717) is 24.3 Å². The van der Waals surface area contributed by atoms with E-state index in [1.54, 1.807) is 36.4 Å². The lowest BCUT2D eigenvalue weighted by molar-refractivity contribution is 0.102. The summed E-state index contributed by atoms with van der Waals surface area (Å²) in [6.45, 7) is 1.15. The van der Waals surface area contributed by atoms with Gasteiger partial charge in [0.1, 0.15) is 0 Å². The van der Waals surface area contributed by atoms with Crippen LogP contribution in [0.3, 0.4) is 0 Å². The van der Waals surface area contributed by atoms with Crippen molar-refractivity contribution >= 4 is 27.3 Å². The molecule has 0 radical (unpaired) electrons. The van der Waals surface area contributed by atoms with E-state index < -0.39 is 10.0 Å². The second-order valence-electron chi connectivity index (χ2n) is 6.88. The van der Waals surface area contributed by atoms with Gasteiger partial charge in [-0.3, -0.25) is 4.79 Å². The highest BCUT2D eigenvalue weighted by Gasteiger charge is 2.25. The minimum Gasteiger partial charge on any atom is -0.378 e. The number of carbonyl (C=O) groups excluding carboxylic acids is 1. The molecule has 2 aromatic carbocycles. The third-order valence-corrected chi connectivity index (χ3v) is 6.62. The fourth-order valence-corrected chi connectivity index (χ4v) is 4.60. The van der Waals surface area contributed by atoms with Crippen LogP contribution in [0.25, 0.3) is 0 Å². The second kappa shape index (κ2) is 8.10. The van der Waals surface area contributed by atoms with Crippen molar-refractivity contribution in [2.75, 3.05) is 37.4 Å². The first kappa shape index (κ1) is 19.4. The van der Waals surface area contributed by atoms with Crippen molar-refractivity contribution in [2.24, 2.45) is 0 Å². The van der Waals surface area contributed by atoms with Crippen LogP contribution < -0.4 is 10.2 Å². The van der Waals surface area contributed by atoms with Crippen molar-refractivity contribution in [1.29, 1.82) is 0 Å². The van der Waals surface area contributed by atoms with Gasteiger partial charge in [-0.05, 0) is 61.4 Å². The van der Waals surface area contributed by atoms with Gasteiger partial charge < -0.3 is 10.2 Å². The molecule has 0 bridgehead atoms. The van der Waals surface area contributed by atoms with Gasteiger partial charge in [0, 0.05) is 44.1 Å². The monoisotopic (exact) mass is 387 g/mol. The van der Waals surface area contributed by atoms with Crippen molar-refractivity contribution in [3.8, 4) is 0 Å².